The Hall–Kier alpha value is -2.35. The average Bonchev–Trinajstić information content (AvgIpc) is 3.11. The molecule has 0 unspecified atom stereocenters. The maximum Gasteiger partial charge on any atom is 0.232 e. The van der Waals surface area contributed by atoms with Crippen molar-refractivity contribution in [1.82, 2.24) is 15.3 Å². The fourth-order valence-electron chi connectivity index (χ4n) is 4.68. The summed E-state index contributed by atoms with van der Waals surface area (Å²) in [5.41, 5.74) is 0. The molecule has 2 aromatic rings. The fraction of sp³-hybridized carbons (Fsp3) is 0.609. The molecule has 0 bridgehead atoms. The van der Waals surface area contributed by atoms with Crippen LogP contribution >= 0.6 is 12.2 Å². The van der Waals surface area contributed by atoms with Crippen LogP contribution in [0, 0.1) is 11.8 Å². The number of thiocarbonyl (C=S) groups is 1. The van der Waals surface area contributed by atoms with E-state index in [0.717, 1.165) is 43.6 Å². The van der Waals surface area contributed by atoms with E-state index in [-0.39, 0.29) is 0 Å². The Labute approximate surface area is 190 Å². The van der Waals surface area contributed by atoms with Crippen molar-refractivity contribution in [1.29, 1.82) is 0 Å². The van der Waals surface area contributed by atoms with E-state index in [1.165, 1.54) is 32.1 Å². The number of nitrogens with zero attached hydrogens (tertiary/aromatic N) is 4. The second-order valence-electron chi connectivity index (χ2n) is 9.05. The van der Waals surface area contributed by atoms with Gasteiger partial charge in [-0.1, -0.05) is 26.7 Å². The highest BCUT2D eigenvalue weighted by Gasteiger charge is 2.24. The van der Waals surface area contributed by atoms with Gasteiger partial charge < -0.3 is 24.9 Å². The van der Waals surface area contributed by atoms with Crippen molar-refractivity contribution in [3.8, 4) is 0 Å². The van der Waals surface area contributed by atoms with Crippen LogP contribution in [-0.4, -0.2) is 41.3 Å². The second-order valence-corrected chi connectivity index (χ2v) is 9.46. The zero-order valence-corrected chi connectivity index (χ0v) is 19.5. The minimum absolute atomic E-state index is 0.496. The minimum Gasteiger partial charge on any atom is -0.467 e. The largest absolute Gasteiger partial charge is 0.467 e. The van der Waals surface area contributed by atoms with Crippen molar-refractivity contribution in [2.75, 3.05) is 41.3 Å². The molecular formula is C23H34N6OS. The third kappa shape index (κ3) is 6.09. The summed E-state index contributed by atoms with van der Waals surface area (Å²) in [5, 5.41) is 6.88. The third-order valence-electron chi connectivity index (χ3n) is 6.05. The Balaban J connectivity index is 1.53. The predicted octanol–water partition coefficient (Wildman–Crippen LogP) is 4.42. The van der Waals surface area contributed by atoms with Crippen LogP contribution in [0.1, 0.15) is 51.7 Å². The Bertz CT molecular complexity index is 840. The van der Waals surface area contributed by atoms with Gasteiger partial charge in [-0.05, 0) is 55.4 Å². The van der Waals surface area contributed by atoms with E-state index in [9.17, 15) is 0 Å². The quantitative estimate of drug-likeness (QED) is 0.660. The summed E-state index contributed by atoms with van der Waals surface area (Å²) < 4.78 is 5.37. The van der Waals surface area contributed by atoms with Crippen LogP contribution in [0.3, 0.4) is 0 Å². The molecule has 2 aliphatic heterocycles. The van der Waals surface area contributed by atoms with Crippen molar-refractivity contribution >= 4 is 34.9 Å². The predicted molar refractivity (Wildman–Crippen MR) is 130 cm³/mol. The molecule has 8 heteroatoms. The topological polar surface area (TPSA) is 69.5 Å². The minimum atomic E-state index is 0.496. The number of hydrogen-bond donors (Lipinski definition) is 2. The number of piperidine rings is 1. The van der Waals surface area contributed by atoms with Gasteiger partial charge in [0.25, 0.3) is 0 Å². The van der Waals surface area contributed by atoms with Gasteiger partial charge in [-0.2, -0.15) is 9.97 Å². The molecule has 2 saturated heterocycles. The third-order valence-corrected chi connectivity index (χ3v) is 6.30. The Morgan fingerprint density at radius 3 is 2.39 bits per heavy atom. The van der Waals surface area contributed by atoms with Crippen LogP contribution in [0.2, 0.25) is 0 Å². The first-order valence-electron chi connectivity index (χ1n) is 11.5. The lowest BCUT2D eigenvalue weighted by molar-refractivity contribution is 0.355. The summed E-state index contributed by atoms with van der Waals surface area (Å²) in [6, 6.07) is 5.96. The smallest absolute Gasteiger partial charge is 0.232 e. The van der Waals surface area contributed by atoms with Gasteiger partial charge in [0, 0.05) is 32.2 Å². The molecular weight excluding hydrogens is 408 g/mol. The highest BCUT2D eigenvalue weighted by atomic mass is 32.1. The summed E-state index contributed by atoms with van der Waals surface area (Å²) in [7, 11) is 0. The van der Waals surface area contributed by atoms with E-state index in [0.29, 0.717) is 29.4 Å². The maximum absolute atomic E-state index is 5.50. The van der Waals surface area contributed by atoms with E-state index in [1.807, 2.05) is 12.1 Å². The van der Waals surface area contributed by atoms with Crippen molar-refractivity contribution in [3.05, 3.63) is 30.2 Å². The summed E-state index contributed by atoms with van der Waals surface area (Å²) >= 11 is 5.50. The summed E-state index contributed by atoms with van der Waals surface area (Å²) in [4.78, 5) is 14.5. The van der Waals surface area contributed by atoms with Crippen molar-refractivity contribution < 1.29 is 4.42 Å². The highest BCUT2D eigenvalue weighted by molar-refractivity contribution is 7.80. The van der Waals surface area contributed by atoms with Crippen molar-refractivity contribution in [2.24, 2.45) is 11.8 Å². The number of aromatic nitrogens is 2. The Morgan fingerprint density at radius 1 is 1.06 bits per heavy atom. The van der Waals surface area contributed by atoms with Gasteiger partial charge in [-0.3, -0.25) is 0 Å². The van der Waals surface area contributed by atoms with E-state index >= 15 is 0 Å². The maximum atomic E-state index is 5.50. The van der Waals surface area contributed by atoms with Crippen LogP contribution in [0.25, 0.3) is 0 Å². The average molecular weight is 443 g/mol. The number of rotatable bonds is 5. The van der Waals surface area contributed by atoms with Gasteiger partial charge >= 0.3 is 0 Å². The summed E-state index contributed by atoms with van der Waals surface area (Å²) in [6.45, 7) is 9.33. The van der Waals surface area contributed by atoms with Crippen LogP contribution < -0.4 is 20.4 Å². The Morgan fingerprint density at radius 2 is 1.74 bits per heavy atom. The fourth-order valence-corrected chi connectivity index (χ4v) is 4.84. The van der Waals surface area contributed by atoms with E-state index < -0.39 is 0 Å². The molecule has 2 fully saturated rings. The van der Waals surface area contributed by atoms with Crippen LogP contribution in [0.5, 0.6) is 0 Å². The highest BCUT2D eigenvalue weighted by Crippen LogP contribution is 2.29. The van der Waals surface area contributed by atoms with E-state index in [2.05, 4.69) is 40.3 Å². The van der Waals surface area contributed by atoms with E-state index in [4.69, 9.17) is 26.6 Å². The summed E-state index contributed by atoms with van der Waals surface area (Å²) in [6.07, 6.45) is 7.94. The van der Waals surface area contributed by atoms with Gasteiger partial charge in [0.15, 0.2) is 5.11 Å². The molecule has 2 aliphatic rings. The molecule has 4 rings (SSSR count). The lowest BCUT2D eigenvalue weighted by Crippen LogP contribution is -2.39. The molecule has 168 valence electrons. The van der Waals surface area contributed by atoms with Crippen LogP contribution in [0.4, 0.5) is 17.6 Å². The number of anilines is 3. The van der Waals surface area contributed by atoms with Gasteiger partial charge in [-0.15, -0.1) is 0 Å². The molecule has 2 N–H and O–H groups in total. The number of nitrogens with one attached hydrogen (secondary N) is 2. The molecule has 0 aliphatic carbocycles. The molecule has 0 saturated carbocycles. The molecule has 0 aromatic carbocycles. The molecule has 2 atom stereocenters. The van der Waals surface area contributed by atoms with Crippen LogP contribution in [-0.2, 0) is 6.54 Å². The summed E-state index contributed by atoms with van der Waals surface area (Å²) in [5.74, 6) is 4.69. The first-order chi connectivity index (χ1) is 15.1. The second kappa shape index (κ2) is 10.3. The number of furan rings is 1. The molecule has 2 aromatic heterocycles. The van der Waals surface area contributed by atoms with Gasteiger partial charge in [0.05, 0.1) is 12.8 Å². The zero-order valence-electron chi connectivity index (χ0n) is 18.6. The molecule has 7 nitrogen and oxygen atoms in total. The number of hydrogen-bond acceptors (Lipinski definition) is 6. The first kappa shape index (κ1) is 21.9. The monoisotopic (exact) mass is 442 g/mol. The van der Waals surface area contributed by atoms with Gasteiger partial charge in [0.2, 0.25) is 5.95 Å². The van der Waals surface area contributed by atoms with Gasteiger partial charge in [-0.25, -0.2) is 0 Å². The standard InChI is InChI=1S/C23H34N6OS/c1-17-12-18(2)16-29(15-17)21-13-20(28-9-5-3-4-6-10-28)25-22(26-21)27-23(31)24-14-19-8-7-11-30-19/h7-8,11,13,17-18H,3-6,9-10,12,14-16H2,1-2H3,(H2,24,25,26,27,31)/t17-,18+. The van der Waals surface area contributed by atoms with Crippen molar-refractivity contribution in [2.45, 2.75) is 52.5 Å². The molecule has 4 heterocycles. The Kier molecular flexibility index (Phi) is 7.27. The normalized spacial score (nSPS) is 22.1. The van der Waals surface area contributed by atoms with Crippen molar-refractivity contribution in [3.63, 3.8) is 0 Å². The van der Waals surface area contributed by atoms with Crippen LogP contribution in [0.15, 0.2) is 28.9 Å². The molecule has 0 spiro atoms. The zero-order chi connectivity index (χ0) is 21.6. The lowest BCUT2D eigenvalue weighted by Gasteiger charge is -2.36. The SMILES string of the molecule is C[C@@H]1C[C@H](C)CN(c2cc(N3CCCCCC3)nc(NC(=S)NCc3ccco3)n2)C1. The van der Waals surface area contributed by atoms with Gasteiger partial charge in [0.1, 0.15) is 17.4 Å². The molecule has 0 radical (unpaired) electrons. The molecule has 31 heavy (non-hydrogen) atoms. The first-order valence-corrected chi connectivity index (χ1v) is 11.9. The molecule has 0 amide bonds. The lowest BCUT2D eigenvalue weighted by atomic mass is 9.92. The van der Waals surface area contributed by atoms with E-state index in [1.54, 1.807) is 6.26 Å².